The van der Waals surface area contributed by atoms with Crippen molar-refractivity contribution in [1.82, 2.24) is 13.9 Å². The van der Waals surface area contributed by atoms with E-state index in [0.717, 1.165) is 31.6 Å². The fourth-order valence-corrected chi connectivity index (χ4v) is 6.91. The molecule has 1 atom stereocenters. The van der Waals surface area contributed by atoms with E-state index in [1.54, 1.807) is 24.3 Å². The minimum absolute atomic E-state index is 0.115. The maximum atomic E-state index is 12.7. The molecule has 34 heavy (non-hydrogen) atoms. The normalized spacial score (nSPS) is 21.1. The smallest absolute Gasteiger partial charge is 0.276 e. The molecule has 3 rings (SSSR count). The summed E-state index contributed by atoms with van der Waals surface area (Å²) in [5, 5.41) is 5.41. The van der Waals surface area contributed by atoms with Crippen LogP contribution in [0.1, 0.15) is 51.4 Å². The third-order valence-electron chi connectivity index (χ3n) is 7.03. The average molecular weight is 516 g/mol. The summed E-state index contributed by atoms with van der Waals surface area (Å²) >= 11 is 0. The Kier molecular flexibility index (Phi) is 9.76. The lowest BCUT2D eigenvalue weighted by atomic mass is 9.88. The number of benzene rings is 1. The van der Waals surface area contributed by atoms with Crippen LogP contribution in [-0.4, -0.2) is 78.9 Å². The molecule has 9 nitrogen and oxygen atoms in total. The van der Waals surface area contributed by atoms with Gasteiger partial charge in [0.15, 0.2) is 0 Å². The number of piperidine rings is 1. The van der Waals surface area contributed by atoms with E-state index in [1.165, 1.54) is 36.4 Å². The first-order valence-electron chi connectivity index (χ1n) is 12.4. The molecule has 1 aromatic carbocycles. The molecule has 1 aromatic rings. The molecule has 1 unspecified atom stereocenters. The topological polar surface area (TPSA) is 116 Å². The first-order chi connectivity index (χ1) is 16.1. The highest BCUT2D eigenvalue weighted by molar-refractivity contribution is 7.89. The second-order valence-corrected chi connectivity index (χ2v) is 13.2. The minimum atomic E-state index is -3.70. The second kappa shape index (κ2) is 12.1. The molecule has 2 fully saturated rings. The van der Waals surface area contributed by atoms with E-state index in [9.17, 15) is 16.8 Å². The lowest BCUT2D eigenvalue weighted by molar-refractivity contribution is 0.105. The van der Waals surface area contributed by atoms with E-state index in [0.29, 0.717) is 32.0 Å². The molecule has 0 amide bonds. The average Bonchev–Trinajstić information content (AvgIpc) is 2.81. The Labute approximate surface area is 205 Å². The van der Waals surface area contributed by atoms with Crippen LogP contribution in [-0.2, 0) is 20.2 Å². The minimum Gasteiger partial charge on any atom is -0.378 e. The van der Waals surface area contributed by atoms with Crippen molar-refractivity contribution >= 4 is 25.9 Å². The maximum Gasteiger partial charge on any atom is 0.276 e. The van der Waals surface area contributed by atoms with Crippen molar-refractivity contribution in [3.8, 4) is 0 Å². The van der Waals surface area contributed by atoms with Crippen LogP contribution < -0.4 is 14.8 Å². The van der Waals surface area contributed by atoms with Gasteiger partial charge in [0.2, 0.25) is 10.0 Å². The Morgan fingerprint density at radius 1 is 1.00 bits per heavy atom. The third kappa shape index (κ3) is 7.89. The third-order valence-corrected chi connectivity index (χ3v) is 9.56. The molecule has 1 aliphatic carbocycles. The Morgan fingerprint density at radius 2 is 1.68 bits per heavy atom. The fraction of sp³-hybridized carbons (Fsp3) is 0.739. The number of anilines is 1. The van der Waals surface area contributed by atoms with Crippen molar-refractivity contribution in [2.24, 2.45) is 11.1 Å². The summed E-state index contributed by atoms with van der Waals surface area (Å²) in [4.78, 5) is 4.56. The predicted octanol–water partition coefficient (Wildman–Crippen LogP) is 1.97. The van der Waals surface area contributed by atoms with Crippen molar-refractivity contribution in [2.45, 2.75) is 62.3 Å². The van der Waals surface area contributed by atoms with Crippen molar-refractivity contribution < 1.29 is 16.8 Å². The molecule has 0 aromatic heterocycles. The van der Waals surface area contributed by atoms with E-state index >= 15 is 0 Å². The summed E-state index contributed by atoms with van der Waals surface area (Å²) < 4.78 is 53.3. The largest absolute Gasteiger partial charge is 0.378 e. The number of nitrogens with zero attached hydrogens (tertiary/aromatic N) is 3. The highest BCUT2D eigenvalue weighted by Gasteiger charge is 2.31. The van der Waals surface area contributed by atoms with Crippen LogP contribution in [0.5, 0.6) is 0 Å². The SMILES string of the molecule is CN(C)c1ccc(S(=O)(=O)NCCCN(CC2CCCCC2)C2CCCN(S(N)(=O)=O)C2)cc1. The van der Waals surface area contributed by atoms with Crippen molar-refractivity contribution in [2.75, 3.05) is 51.7 Å². The number of nitrogens with two attached hydrogens (primary N) is 1. The Morgan fingerprint density at radius 3 is 2.29 bits per heavy atom. The van der Waals surface area contributed by atoms with Crippen LogP contribution in [0.4, 0.5) is 5.69 Å². The van der Waals surface area contributed by atoms with Gasteiger partial charge in [0.25, 0.3) is 10.2 Å². The van der Waals surface area contributed by atoms with Crippen LogP contribution in [0.25, 0.3) is 0 Å². The van der Waals surface area contributed by atoms with Gasteiger partial charge in [-0.3, -0.25) is 4.90 Å². The quantitative estimate of drug-likeness (QED) is 0.435. The van der Waals surface area contributed by atoms with Crippen molar-refractivity contribution in [1.29, 1.82) is 0 Å². The zero-order chi connectivity index (χ0) is 24.8. The van der Waals surface area contributed by atoms with E-state index < -0.39 is 20.2 Å². The number of rotatable bonds is 11. The van der Waals surface area contributed by atoms with Gasteiger partial charge in [0, 0.05) is 52.0 Å². The number of hydrogen-bond donors (Lipinski definition) is 2. The van der Waals surface area contributed by atoms with Gasteiger partial charge < -0.3 is 4.90 Å². The predicted molar refractivity (Wildman–Crippen MR) is 136 cm³/mol. The van der Waals surface area contributed by atoms with Crippen LogP contribution in [0.15, 0.2) is 29.2 Å². The number of hydrogen-bond acceptors (Lipinski definition) is 6. The number of nitrogens with one attached hydrogen (secondary N) is 1. The Bertz CT molecular complexity index is 977. The summed E-state index contributed by atoms with van der Waals surface area (Å²) in [6, 6.07) is 6.94. The zero-order valence-corrected chi connectivity index (χ0v) is 22.2. The van der Waals surface area contributed by atoms with Crippen LogP contribution in [0, 0.1) is 5.92 Å². The van der Waals surface area contributed by atoms with Gasteiger partial charge in [0.05, 0.1) is 4.90 Å². The monoisotopic (exact) mass is 515 g/mol. The summed E-state index contributed by atoms with van der Waals surface area (Å²) in [7, 11) is -3.45. The van der Waals surface area contributed by atoms with Gasteiger partial charge >= 0.3 is 0 Å². The molecule has 2 aliphatic rings. The molecule has 0 bridgehead atoms. The summed E-state index contributed by atoms with van der Waals surface area (Å²) in [5.74, 6) is 0.616. The van der Waals surface area contributed by atoms with Gasteiger partial charge in [-0.05, 0) is 68.8 Å². The Balaban J connectivity index is 1.58. The molecule has 3 N–H and O–H groups in total. The number of sulfonamides is 1. The van der Waals surface area contributed by atoms with Gasteiger partial charge in [-0.25, -0.2) is 18.3 Å². The molecule has 0 spiro atoms. The molecule has 1 saturated heterocycles. The van der Waals surface area contributed by atoms with Crippen LogP contribution in [0.3, 0.4) is 0 Å². The van der Waals surface area contributed by atoms with Gasteiger partial charge in [-0.15, -0.1) is 0 Å². The first-order valence-corrected chi connectivity index (χ1v) is 15.3. The lowest BCUT2D eigenvalue weighted by Gasteiger charge is -2.40. The van der Waals surface area contributed by atoms with Crippen molar-refractivity contribution in [3.63, 3.8) is 0 Å². The molecular formula is C23H41N5O4S2. The fourth-order valence-electron chi connectivity index (χ4n) is 5.07. The lowest BCUT2D eigenvalue weighted by Crippen LogP contribution is -2.52. The van der Waals surface area contributed by atoms with Crippen LogP contribution >= 0.6 is 0 Å². The highest BCUT2D eigenvalue weighted by atomic mass is 32.2. The molecule has 1 saturated carbocycles. The summed E-state index contributed by atoms with van der Waals surface area (Å²) in [5.41, 5.74) is 0.943. The van der Waals surface area contributed by atoms with Gasteiger partial charge in [-0.2, -0.15) is 12.7 Å². The standard InChI is InChI=1S/C23H41N5O4S2/c1-26(2)21-11-13-23(14-12-21)33(29,30)25-15-7-16-27(18-20-8-4-3-5-9-20)22-10-6-17-28(19-22)34(24,31)32/h11-14,20,22,25H,3-10,15-19H2,1-2H3,(H2,24,31,32). The van der Waals surface area contributed by atoms with E-state index in [-0.39, 0.29) is 10.9 Å². The molecule has 11 heteroatoms. The second-order valence-electron chi connectivity index (χ2n) is 9.84. The van der Waals surface area contributed by atoms with Gasteiger partial charge in [-0.1, -0.05) is 19.3 Å². The molecular weight excluding hydrogens is 474 g/mol. The van der Waals surface area contributed by atoms with E-state index in [1.807, 2.05) is 19.0 Å². The highest BCUT2D eigenvalue weighted by Crippen LogP contribution is 2.27. The molecule has 194 valence electrons. The maximum absolute atomic E-state index is 12.7. The first kappa shape index (κ1) is 27.3. The van der Waals surface area contributed by atoms with E-state index in [4.69, 9.17) is 5.14 Å². The zero-order valence-electron chi connectivity index (χ0n) is 20.5. The molecule has 0 radical (unpaired) electrons. The summed E-state index contributed by atoms with van der Waals surface area (Å²) in [6.07, 6.45) is 8.58. The van der Waals surface area contributed by atoms with Crippen molar-refractivity contribution in [3.05, 3.63) is 24.3 Å². The summed E-state index contributed by atoms with van der Waals surface area (Å²) in [6.45, 7) is 2.88. The van der Waals surface area contributed by atoms with E-state index in [2.05, 4.69) is 9.62 Å². The van der Waals surface area contributed by atoms with Crippen LogP contribution in [0.2, 0.25) is 0 Å². The molecule has 1 heterocycles. The van der Waals surface area contributed by atoms with Gasteiger partial charge in [0.1, 0.15) is 0 Å². The Hall–Kier alpha value is -1.24. The molecule has 1 aliphatic heterocycles.